The second kappa shape index (κ2) is 7.38. The number of aliphatic hydroxyl groups excluding tert-OH is 1. The van der Waals surface area contributed by atoms with Gasteiger partial charge in [0, 0.05) is 37.7 Å². The van der Waals surface area contributed by atoms with Crippen LogP contribution in [0.2, 0.25) is 0 Å². The van der Waals surface area contributed by atoms with Crippen molar-refractivity contribution in [2.24, 2.45) is 0 Å². The predicted octanol–water partition coefficient (Wildman–Crippen LogP) is -0.740. The lowest BCUT2D eigenvalue weighted by Gasteiger charge is -2.30. The Bertz CT molecular complexity index is 781. The molecule has 2 fully saturated rings. The summed E-state index contributed by atoms with van der Waals surface area (Å²) in [6.45, 7) is 2.37. The van der Waals surface area contributed by atoms with Crippen molar-refractivity contribution in [2.45, 2.75) is 50.5 Å². The van der Waals surface area contributed by atoms with Gasteiger partial charge >= 0.3 is 0 Å². The summed E-state index contributed by atoms with van der Waals surface area (Å²) >= 11 is 0. The zero-order valence-corrected chi connectivity index (χ0v) is 15.0. The molecule has 1 aromatic carbocycles. The molecule has 4 rings (SSSR count). The summed E-state index contributed by atoms with van der Waals surface area (Å²) in [4.78, 5) is 37.9. The molecule has 1 aromatic rings. The lowest BCUT2D eigenvalue weighted by molar-refractivity contribution is -0.136. The van der Waals surface area contributed by atoms with E-state index in [1.807, 2.05) is 12.1 Å². The Hall–Kier alpha value is -2.29. The molecule has 1 unspecified atom stereocenters. The smallest absolute Gasteiger partial charge is 0.255 e. The molecule has 8 heteroatoms. The van der Waals surface area contributed by atoms with E-state index in [0.29, 0.717) is 31.6 Å². The topological polar surface area (TPSA) is 111 Å². The Labute approximate surface area is 157 Å². The fourth-order valence-electron chi connectivity index (χ4n) is 4.14. The van der Waals surface area contributed by atoms with Crippen molar-refractivity contribution in [1.29, 1.82) is 0 Å². The van der Waals surface area contributed by atoms with Crippen LogP contribution in [0, 0.1) is 0 Å². The molecular formula is C19H24N4O4. The van der Waals surface area contributed by atoms with Gasteiger partial charge < -0.3 is 20.6 Å². The maximum Gasteiger partial charge on any atom is 0.255 e. The monoisotopic (exact) mass is 372 g/mol. The second-order valence-electron chi connectivity index (χ2n) is 7.39. The second-order valence-corrected chi connectivity index (χ2v) is 7.39. The van der Waals surface area contributed by atoms with Crippen LogP contribution in [0.15, 0.2) is 18.2 Å². The summed E-state index contributed by atoms with van der Waals surface area (Å²) in [5, 5.41) is 19.0. The van der Waals surface area contributed by atoms with Crippen LogP contribution in [0.3, 0.4) is 0 Å². The summed E-state index contributed by atoms with van der Waals surface area (Å²) in [7, 11) is 0. The summed E-state index contributed by atoms with van der Waals surface area (Å²) in [5.74, 6) is -0.848. The van der Waals surface area contributed by atoms with Crippen LogP contribution in [0.1, 0.15) is 40.7 Å². The van der Waals surface area contributed by atoms with Crippen molar-refractivity contribution in [2.75, 3.05) is 13.1 Å². The van der Waals surface area contributed by atoms with Crippen molar-refractivity contribution in [1.82, 2.24) is 20.9 Å². The number of piperidine rings is 2. The zero-order chi connectivity index (χ0) is 19.0. The molecule has 2 saturated heterocycles. The third kappa shape index (κ3) is 3.47. The SMILES string of the molecule is O=C1CCC(N2Cc3c(CN[C@H]4CCNC[C@H]4O)cccc3C2=O)C(=O)N1. The Morgan fingerprint density at radius 3 is 2.85 bits per heavy atom. The van der Waals surface area contributed by atoms with Gasteiger partial charge in [0.15, 0.2) is 0 Å². The largest absolute Gasteiger partial charge is 0.390 e. The van der Waals surface area contributed by atoms with Crippen LogP contribution in [-0.2, 0) is 22.7 Å². The van der Waals surface area contributed by atoms with E-state index >= 15 is 0 Å². The van der Waals surface area contributed by atoms with E-state index in [0.717, 1.165) is 24.1 Å². The first kappa shape index (κ1) is 18.1. The van der Waals surface area contributed by atoms with E-state index in [9.17, 15) is 19.5 Å². The first-order valence-electron chi connectivity index (χ1n) is 9.42. The molecule has 0 aromatic heterocycles. The lowest BCUT2D eigenvalue weighted by atomic mass is 10.0. The van der Waals surface area contributed by atoms with E-state index in [4.69, 9.17) is 0 Å². The van der Waals surface area contributed by atoms with Crippen LogP contribution in [0.4, 0.5) is 0 Å². The molecular weight excluding hydrogens is 348 g/mol. The van der Waals surface area contributed by atoms with E-state index in [1.165, 1.54) is 0 Å². The van der Waals surface area contributed by atoms with Crippen LogP contribution in [0.5, 0.6) is 0 Å². The van der Waals surface area contributed by atoms with Crippen molar-refractivity contribution >= 4 is 17.7 Å². The van der Waals surface area contributed by atoms with E-state index in [-0.39, 0.29) is 24.3 Å². The number of hydrogen-bond donors (Lipinski definition) is 4. The number of β-amino-alcohol motifs (C(OH)–C–C–N with tert-alkyl or cyclic N) is 1. The standard InChI is InChI=1S/C19H24N4O4/c24-16-9-20-7-6-14(16)21-8-11-2-1-3-12-13(11)10-23(19(12)27)15-4-5-17(25)22-18(15)26/h1-3,14-16,20-21,24H,4-10H2,(H,22,25,26)/t14-,15?,16+/m0/s1. The minimum absolute atomic E-state index is 0.0189. The van der Waals surface area contributed by atoms with Crippen LogP contribution >= 0.6 is 0 Å². The van der Waals surface area contributed by atoms with Gasteiger partial charge in [-0.3, -0.25) is 19.7 Å². The molecule has 8 nitrogen and oxygen atoms in total. The maximum atomic E-state index is 12.8. The Morgan fingerprint density at radius 2 is 2.07 bits per heavy atom. The Morgan fingerprint density at radius 1 is 1.22 bits per heavy atom. The van der Waals surface area contributed by atoms with Gasteiger partial charge in [0.1, 0.15) is 6.04 Å². The van der Waals surface area contributed by atoms with Crippen molar-refractivity contribution in [3.63, 3.8) is 0 Å². The first-order chi connectivity index (χ1) is 13.0. The highest BCUT2D eigenvalue weighted by molar-refractivity contribution is 6.05. The molecule has 3 amide bonds. The van der Waals surface area contributed by atoms with Gasteiger partial charge in [-0.1, -0.05) is 12.1 Å². The fourth-order valence-corrected chi connectivity index (χ4v) is 4.14. The highest BCUT2D eigenvalue weighted by Crippen LogP contribution is 2.29. The molecule has 3 heterocycles. The number of imide groups is 1. The number of carbonyl (C=O) groups excluding carboxylic acids is 3. The molecule has 0 radical (unpaired) electrons. The number of benzene rings is 1. The lowest BCUT2D eigenvalue weighted by Crippen LogP contribution is -2.52. The number of nitrogens with zero attached hydrogens (tertiary/aromatic N) is 1. The van der Waals surface area contributed by atoms with Gasteiger partial charge in [0.05, 0.1) is 6.10 Å². The molecule has 144 valence electrons. The number of amides is 3. The molecule has 0 saturated carbocycles. The number of nitrogens with one attached hydrogen (secondary N) is 3. The van der Waals surface area contributed by atoms with Crippen molar-refractivity contribution < 1.29 is 19.5 Å². The number of rotatable bonds is 4. The summed E-state index contributed by atoms with van der Waals surface area (Å²) in [6.07, 6.45) is 1.02. The average molecular weight is 372 g/mol. The Kier molecular flexibility index (Phi) is 4.94. The molecule has 27 heavy (non-hydrogen) atoms. The first-order valence-corrected chi connectivity index (χ1v) is 9.42. The zero-order valence-electron chi connectivity index (χ0n) is 15.0. The van der Waals surface area contributed by atoms with Gasteiger partial charge in [0.2, 0.25) is 11.8 Å². The van der Waals surface area contributed by atoms with Gasteiger partial charge in [-0.2, -0.15) is 0 Å². The van der Waals surface area contributed by atoms with Gasteiger partial charge in [-0.15, -0.1) is 0 Å². The predicted molar refractivity (Wildman–Crippen MR) is 96.6 cm³/mol. The third-order valence-corrected chi connectivity index (χ3v) is 5.68. The van der Waals surface area contributed by atoms with E-state index in [2.05, 4.69) is 16.0 Å². The highest BCUT2D eigenvalue weighted by Gasteiger charge is 2.39. The average Bonchev–Trinajstić information content (AvgIpc) is 2.98. The number of hydrogen-bond acceptors (Lipinski definition) is 6. The molecule has 3 aliphatic heterocycles. The molecule has 3 atom stereocenters. The third-order valence-electron chi connectivity index (χ3n) is 5.68. The van der Waals surface area contributed by atoms with Crippen LogP contribution < -0.4 is 16.0 Å². The quantitative estimate of drug-likeness (QED) is 0.518. The molecule has 3 aliphatic rings. The molecule has 0 aliphatic carbocycles. The van der Waals surface area contributed by atoms with E-state index in [1.54, 1.807) is 11.0 Å². The molecule has 0 spiro atoms. The highest BCUT2D eigenvalue weighted by atomic mass is 16.3. The molecule has 0 bridgehead atoms. The van der Waals surface area contributed by atoms with Gasteiger partial charge in [-0.25, -0.2) is 0 Å². The van der Waals surface area contributed by atoms with Crippen LogP contribution in [0.25, 0.3) is 0 Å². The van der Waals surface area contributed by atoms with E-state index < -0.39 is 18.1 Å². The fraction of sp³-hybridized carbons (Fsp3) is 0.526. The maximum absolute atomic E-state index is 12.8. The number of aliphatic hydroxyl groups is 1. The number of fused-ring (bicyclic) bond motifs is 1. The molecule has 4 N–H and O–H groups in total. The van der Waals surface area contributed by atoms with Crippen molar-refractivity contribution in [3.8, 4) is 0 Å². The van der Waals surface area contributed by atoms with Gasteiger partial charge in [0.25, 0.3) is 5.91 Å². The normalized spacial score (nSPS) is 28.3. The summed E-state index contributed by atoms with van der Waals surface area (Å²) in [6, 6.07) is 5.02. The summed E-state index contributed by atoms with van der Waals surface area (Å²) in [5.41, 5.74) is 2.54. The minimum atomic E-state index is -0.602. The van der Waals surface area contributed by atoms with Crippen molar-refractivity contribution in [3.05, 3.63) is 34.9 Å². The van der Waals surface area contributed by atoms with Crippen LogP contribution in [-0.4, -0.2) is 59.0 Å². The number of carbonyl (C=O) groups is 3. The Balaban J connectivity index is 1.49. The summed E-state index contributed by atoms with van der Waals surface area (Å²) < 4.78 is 0. The minimum Gasteiger partial charge on any atom is -0.390 e. The van der Waals surface area contributed by atoms with Gasteiger partial charge in [-0.05, 0) is 36.6 Å².